The molecule has 0 bridgehead atoms. The van der Waals surface area contributed by atoms with E-state index in [0.29, 0.717) is 5.56 Å². The average molecular weight is 1040 g/mol. The second-order valence-corrected chi connectivity index (χ2v) is 20.9. The molecule has 412 valence electrons. The van der Waals surface area contributed by atoms with Crippen molar-refractivity contribution in [1.29, 1.82) is 0 Å². The van der Waals surface area contributed by atoms with E-state index in [1.807, 2.05) is 0 Å². The summed E-state index contributed by atoms with van der Waals surface area (Å²) in [5.41, 5.74) is 10.3. The van der Waals surface area contributed by atoms with Crippen LogP contribution >= 0.6 is 0 Å². The number of hydrogen-bond acceptors (Lipinski definition) is 4. The van der Waals surface area contributed by atoms with Gasteiger partial charge in [0.2, 0.25) is 0 Å². The van der Waals surface area contributed by atoms with Crippen LogP contribution in [0.3, 0.4) is 0 Å². The predicted molar refractivity (Wildman–Crippen MR) is 315 cm³/mol. The number of hydrogen-bond donors (Lipinski definition) is 0. The molecule has 0 fully saturated rings. The third kappa shape index (κ3) is 32.6. The number of unbranched alkanes of at least 4 members (excludes halogenated alkanes) is 30. The smallest absolute Gasteiger partial charge is 0.873 e. The first-order chi connectivity index (χ1) is 35.3. The van der Waals surface area contributed by atoms with E-state index in [-0.39, 0.29) is 28.0 Å². The molecule has 4 nitrogen and oxygen atoms in total. The van der Waals surface area contributed by atoms with Gasteiger partial charge in [-0.05, 0) is 110 Å². The van der Waals surface area contributed by atoms with Crippen LogP contribution in [0.5, 0.6) is 11.5 Å². The standard InChI is InChI=1S/C57H94N2.C11H16O2.Ni/c1-7-13-15-17-19-21-23-25-27-28-29-31-33-35-37-39-41-43-57(59-55-47-45-51(10-4)53(12-6)49-55)56(58-54-46-44-50(9-3)52(11-5)48-54)42-40-38-36-34-32-30-26-24-22-20-18-16-14-8-2;1-2-3-4-6-9-7-5-8-10(12)11(9)13;/h44-49H,7-39,41,43H2,1-6H3;5,7-8,12-13H,2-4,6H2,1H3;/q;;+2/p-2. The maximum absolute atomic E-state index is 11.3. The zero-order chi connectivity index (χ0) is 52.1. The molecule has 0 heterocycles. The molecule has 0 amide bonds. The van der Waals surface area contributed by atoms with Crippen LogP contribution in [0.1, 0.15) is 295 Å². The average Bonchev–Trinajstić information content (AvgIpc) is 3.40. The van der Waals surface area contributed by atoms with E-state index < -0.39 is 0 Å². The zero-order valence-corrected chi connectivity index (χ0v) is 49.3. The molecule has 0 aliphatic carbocycles. The number of benzene rings is 3. The topological polar surface area (TPSA) is 70.8 Å². The summed E-state index contributed by atoms with van der Waals surface area (Å²) in [7, 11) is 0. The Labute approximate surface area is 461 Å². The summed E-state index contributed by atoms with van der Waals surface area (Å²) in [6, 6.07) is 18.3. The second-order valence-electron chi connectivity index (χ2n) is 20.9. The second kappa shape index (κ2) is 47.1. The van der Waals surface area contributed by atoms with Gasteiger partial charge in [0.1, 0.15) is 5.71 Å². The molecule has 3 aromatic rings. The summed E-state index contributed by atoms with van der Waals surface area (Å²) in [6.07, 6.45) is 50.0. The largest absolute Gasteiger partial charge is 2.00 e. The van der Waals surface area contributed by atoms with Crippen molar-refractivity contribution in [1.82, 2.24) is 0 Å². The third-order valence-electron chi connectivity index (χ3n) is 14.7. The van der Waals surface area contributed by atoms with Gasteiger partial charge in [-0.1, -0.05) is 276 Å². The Bertz CT molecular complexity index is 1920. The Balaban J connectivity index is 0.00000164. The van der Waals surface area contributed by atoms with Gasteiger partial charge in [-0.3, -0.25) is 4.99 Å². The SMILES string of the molecule is CCCCCCCCCCCCCCC#CC(=Nc1ccc(CC)c(CC)c1)C(CCCCCCCCCCCCCCCCCCC)=Nc1ccc(CC)c(CC)c1.CCCCCc1cccc([O-])c1[O-].[Ni+2]. The van der Waals surface area contributed by atoms with E-state index in [4.69, 9.17) is 9.98 Å². The van der Waals surface area contributed by atoms with Crippen molar-refractivity contribution < 1.29 is 26.7 Å². The minimum absolute atomic E-state index is 0. The van der Waals surface area contributed by atoms with Crippen LogP contribution in [0.2, 0.25) is 0 Å². The maximum Gasteiger partial charge on any atom is 2.00 e. The van der Waals surface area contributed by atoms with E-state index in [2.05, 4.69) is 96.7 Å². The van der Waals surface area contributed by atoms with Gasteiger partial charge in [0.15, 0.2) is 0 Å². The molecule has 0 saturated carbocycles. The fourth-order valence-corrected chi connectivity index (χ4v) is 9.93. The van der Waals surface area contributed by atoms with Crippen LogP contribution in [0.4, 0.5) is 11.4 Å². The fourth-order valence-electron chi connectivity index (χ4n) is 9.93. The summed E-state index contributed by atoms with van der Waals surface area (Å²) in [5, 5.41) is 22.2. The van der Waals surface area contributed by atoms with E-state index in [9.17, 15) is 10.2 Å². The monoisotopic (exact) mass is 1040 g/mol. The van der Waals surface area contributed by atoms with Crippen molar-refractivity contribution in [3.8, 4) is 23.3 Å². The summed E-state index contributed by atoms with van der Waals surface area (Å²) in [5.74, 6) is 6.52. The Morgan fingerprint density at radius 2 is 0.781 bits per heavy atom. The first kappa shape index (κ1) is 67.7. The molecule has 3 aromatic carbocycles. The molecule has 3 rings (SSSR count). The summed E-state index contributed by atoms with van der Waals surface area (Å²) in [6.45, 7) is 15.7. The Kier molecular flexibility index (Phi) is 43.7. The molecule has 0 saturated heterocycles. The van der Waals surface area contributed by atoms with Crippen LogP contribution < -0.4 is 10.2 Å². The third-order valence-corrected chi connectivity index (χ3v) is 14.7. The van der Waals surface area contributed by atoms with Crippen LogP contribution in [0.25, 0.3) is 0 Å². The molecule has 0 unspecified atom stereocenters. The number of rotatable bonds is 41. The number of aryl methyl sites for hydroxylation is 5. The van der Waals surface area contributed by atoms with E-state index in [1.165, 1.54) is 208 Å². The molecular weight excluding hydrogens is 935 g/mol. The minimum atomic E-state index is -0.381. The Morgan fingerprint density at radius 1 is 0.397 bits per heavy atom. The normalized spacial score (nSPS) is 11.5. The minimum Gasteiger partial charge on any atom is -0.873 e. The van der Waals surface area contributed by atoms with Gasteiger partial charge in [0.25, 0.3) is 0 Å². The molecule has 0 spiro atoms. The van der Waals surface area contributed by atoms with Gasteiger partial charge in [-0.25, -0.2) is 4.99 Å². The predicted octanol–water partition coefficient (Wildman–Crippen LogP) is 20.5. The molecule has 0 radical (unpaired) electrons. The van der Waals surface area contributed by atoms with Crippen LogP contribution in [-0.4, -0.2) is 11.4 Å². The number of nitrogens with zero attached hydrogens (tertiary/aromatic N) is 2. The van der Waals surface area contributed by atoms with Crippen LogP contribution in [0.15, 0.2) is 64.6 Å². The zero-order valence-electron chi connectivity index (χ0n) is 48.3. The fraction of sp³-hybridized carbons (Fsp3) is 0.676. The molecular formula is C68H108N2NiO2. The van der Waals surface area contributed by atoms with Crippen LogP contribution in [0, 0.1) is 11.8 Å². The van der Waals surface area contributed by atoms with Gasteiger partial charge in [-0.15, -0.1) is 11.5 Å². The molecule has 73 heavy (non-hydrogen) atoms. The van der Waals surface area contributed by atoms with E-state index in [1.54, 1.807) is 12.1 Å². The molecule has 0 atom stereocenters. The molecule has 0 aliphatic heterocycles. The van der Waals surface area contributed by atoms with E-state index >= 15 is 0 Å². The van der Waals surface area contributed by atoms with Gasteiger partial charge in [0.05, 0.1) is 17.1 Å². The van der Waals surface area contributed by atoms with Gasteiger partial charge >= 0.3 is 16.5 Å². The summed E-state index contributed by atoms with van der Waals surface area (Å²) >= 11 is 0. The van der Waals surface area contributed by atoms with Crippen molar-refractivity contribution >= 4 is 22.8 Å². The summed E-state index contributed by atoms with van der Waals surface area (Å²) in [4.78, 5) is 10.7. The van der Waals surface area contributed by atoms with Gasteiger partial charge in [-0.2, -0.15) is 0 Å². The van der Waals surface area contributed by atoms with Crippen molar-refractivity contribution in [2.24, 2.45) is 9.98 Å². The van der Waals surface area contributed by atoms with E-state index in [0.717, 1.165) is 93.4 Å². The first-order valence-corrected chi connectivity index (χ1v) is 30.7. The molecule has 0 aliphatic rings. The van der Waals surface area contributed by atoms with Crippen LogP contribution in [-0.2, 0) is 48.6 Å². The van der Waals surface area contributed by atoms with Crippen molar-refractivity contribution in [2.45, 2.75) is 299 Å². The molecule has 0 aromatic heterocycles. The van der Waals surface area contributed by atoms with Crippen molar-refractivity contribution in [3.63, 3.8) is 0 Å². The Hall–Kier alpha value is -3.35. The molecule has 5 heteroatoms. The maximum atomic E-state index is 11.3. The van der Waals surface area contributed by atoms with Crippen molar-refractivity contribution in [2.75, 3.05) is 0 Å². The van der Waals surface area contributed by atoms with Crippen molar-refractivity contribution in [3.05, 3.63) is 82.4 Å². The quantitative estimate of drug-likeness (QED) is 0.0246. The summed E-state index contributed by atoms with van der Waals surface area (Å²) < 4.78 is 0. The first-order valence-electron chi connectivity index (χ1n) is 30.7. The number of para-hydroxylation sites is 1. The van der Waals surface area contributed by atoms with Gasteiger partial charge < -0.3 is 10.2 Å². The number of aliphatic imine (C=N–C) groups is 2. The molecule has 0 N–H and O–H groups in total. The Morgan fingerprint density at radius 3 is 1.21 bits per heavy atom. The van der Waals surface area contributed by atoms with Gasteiger partial charge in [0, 0.05) is 6.42 Å².